The third-order valence-corrected chi connectivity index (χ3v) is 4.38. The Morgan fingerprint density at radius 2 is 1.77 bits per heavy atom. The smallest absolute Gasteiger partial charge is 0.349 e. The van der Waals surface area contributed by atoms with E-state index in [0.717, 1.165) is 11.1 Å². The Kier molecular flexibility index (Phi) is 6.81. The van der Waals surface area contributed by atoms with Gasteiger partial charge in [0.2, 0.25) is 0 Å². The van der Waals surface area contributed by atoms with Crippen molar-refractivity contribution >= 4 is 28.0 Å². The quantitative estimate of drug-likeness (QED) is 0.396. The molecule has 5 nitrogen and oxygen atoms in total. The minimum Gasteiger partial charge on any atom is -0.493 e. The molecule has 134 valence electrons. The molecule has 6 heteroatoms. The van der Waals surface area contributed by atoms with Gasteiger partial charge in [-0.3, -0.25) is 0 Å². The maximum atomic E-state index is 12.2. The lowest BCUT2D eigenvalue weighted by molar-refractivity contribution is -0.139. The fourth-order valence-electron chi connectivity index (χ4n) is 2.19. The van der Waals surface area contributed by atoms with Crippen LogP contribution in [0.1, 0.15) is 16.7 Å². The zero-order chi connectivity index (χ0) is 19.1. The summed E-state index contributed by atoms with van der Waals surface area (Å²) >= 11 is 3.41. The Hall–Kier alpha value is -2.78. The van der Waals surface area contributed by atoms with Crippen LogP contribution in [0.15, 0.2) is 46.4 Å². The van der Waals surface area contributed by atoms with Gasteiger partial charge in [0.25, 0.3) is 0 Å². The lowest BCUT2D eigenvalue weighted by Gasteiger charge is -2.12. The minimum absolute atomic E-state index is 0.00725. The Balaban J connectivity index is 2.14. The molecule has 0 aliphatic heterocycles. The van der Waals surface area contributed by atoms with E-state index in [0.29, 0.717) is 21.5 Å². The van der Waals surface area contributed by atoms with Gasteiger partial charge in [0.15, 0.2) is 11.5 Å². The van der Waals surface area contributed by atoms with E-state index in [1.54, 1.807) is 19.2 Å². The van der Waals surface area contributed by atoms with Gasteiger partial charge in [-0.25, -0.2) is 4.79 Å². The molecule has 0 radical (unpaired) electrons. The SMILES string of the molecule is COc1cc(Br)c(COC(=O)/C(C#N)=C/c2ccc(C)cc2)cc1OC. The summed E-state index contributed by atoms with van der Waals surface area (Å²) in [5, 5.41) is 9.25. The molecular formula is C20H18BrNO4. The largest absolute Gasteiger partial charge is 0.493 e. The number of halogens is 1. The van der Waals surface area contributed by atoms with Crippen LogP contribution >= 0.6 is 15.9 Å². The molecule has 0 saturated heterocycles. The van der Waals surface area contributed by atoms with Crippen LogP contribution in [0.2, 0.25) is 0 Å². The van der Waals surface area contributed by atoms with Crippen molar-refractivity contribution in [1.82, 2.24) is 0 Å². The van der Waals surface area contributed by atoms with Crippen molar-refractivity contribution in [2.45, 2.75) is 13.5 Å². The third-order valence-electron chi connectivity index (χ3n) is 3.64. The highest BCUT2D eigenvalue weighted by Gasteiger charge is 2.14. The molecule has 0 aliphatic rings. The fraction of sp³-hybridized carbons (Fsp3) is 0.200. The van der Waals surface area contributed by atoms with Crippen LogP contribution < -0.4 is 9.47 Å². The second kappa shape index (κ2) is 9.07. The molecule has 0 N–H and O–H groups in total. The third kappa shape index (κ3) is 4.87. The van der Waals surface area contributed by atoms with Gasteiger partial charge in [0, 0.05) is 10.0 Å². The van der Waals surface area contributed by atoms with Crippen LogP contribution in [0.4, 0.5) is 0 Å². The van der Waals surface area contributed by atoms with Gasteiger partial charge in [-0.2, -0.15) is 5.26 Å². The first kappa shape index (κ1) is 19.5. The molecule has 0 atom stereocenters. The molecule has 0 aliphatic carbocycles. The number of nitrogens with zero attached hydrogens (tertiary/aromatic N) is 1. The number of methoxy groups -OCH3 is 2. The summed E-state index contributed by atoms with van der Waals surface area (Å²) in [5.74, 6) is 0.402. The number of aryl methyl sites for hydroxylation is 1. The second-order valence-electron chi connectivity index (χ2n) is 5.46. The molecule has 2 aromatic rings. The average molecular weight is 416 g/mol. The molecule has 0 unspecified atom stereocenters. The molecule has 0 heterocycles. The van der Waals surface area contributed by atoms with Gasteiger partial charge in [0.1, 0.15) is 18.2 Å². The van der Waals surface area contributed by atoms with Crippen molar-refractivity contribution in [2.75, 3.05) is 14.2 Å². The number of nitriles is 1. The van der Waals surface area contributed by atoms with Crippen LogP contribution in [-0.4, -0.2) is 20.2 Å². The maximum absolute atomic E-state index is 12.2. The van der Waals surface area contributed by atoms with E-state index in [9.17, 15) is 10.1 Å². The van der Waals surface area contributed by atoms with Crippen molar-refractivity contribution < 1.29 is 19.0 Å². The first-order valence-corrected chi connectivity index (χ1v) is 8.53. The predicted octanol–water partition coefficient (Wildman–Crippen LogP) is 4.43. The highest BCUT2D eigenvalue weighted by Crippen LogP contribution is 2.33. The molecule has 0 aromatic heterocycles. The average Bonchev–Trinajstić information content (AvgIpc) is 2.65. The van der Waals surface area contributed by atoms with Crippen LogP contribution in [0.3, 0.4) is 0 Å². The van der Waals surface area contributed by atoms with Crippen LogP contribution in [0.5, 0.6) is 11.5 Å². The number of rotatable bonds is 6. The molecule has 0 saturated carbocycles. The topological polar surface area (TPSA) is 68.5 Å². The van der Waals surface area contributed by atoms with Crippen LogP contribution in [0.25, 0.3) is 6.08 Å². The van der Waals surface area contributed by atoms with Gasteiger partial charge in [-0.15, -0.1) is 0 Å². The van der Waals surface area contributed by atoms with Crippen molar-refractivity contribution in [3.63, 3.8) is 0 Å². The predicted molar refractivity (Wildman–Crippen MR) is 102 cm³/mol. The van der Waals surface area contributed by atoms with Crippen molar-refractivity contribution in [1.29, 1.82) is 5.26 Å². The summed E-state index contributed by atoms with van der Waals surface area (Å²) in [4.78, 5) is 12.2. The lowest BCUT2D eigenvalue weighted by atomic mass is 10.1. The zero-order valence-electron chi connectivity index (χ0n) is 14.7. The summed E-state index contributed by atoms with van der Waals surface area (Å²) in [6.45, 7) is 1.96. The van der Waals surface area contributed by atoms with E-state index in [1.807, 2.05) is 37.3 Å². The number of esters is 1. The number of benzene rings is 2. The number of carbonyl (C=O) groups is 1. The summed E-state index contributed by atoms with van der Waals surface area (Å²) in [6, 6.07) is 12.8. The zero-order valence-corrected chi connectivity index (χ0v) is 16.3. The van der Waals surface area contributed by atoms with Crippen LogP contribution in [0, 0.1) is 18.3 Å². The highest BCUT2D eigenvalue weighted by molar-refractivity contribution is 9.10. The molecule has 0 bridgehead atoms. The monoisotopic (exact) mass is 415 g/mol. The molecule has 26 heavy (non-hydrogen) atoms. The molecule has 2 rings (SSSR count). The summed E-state index contributed by atoms with van der Waals surface area (Å²) in [6.07, 6.45) is 1.51. The summed E-state index contributed by atoms with van der Waals surface area (Å²) < 4.78 is 16.4. The highest BCUT2D eigenvalue weighted by atomic mass is 79.9. The van der Waals surface area contributed by atoms with Gasteiger partial charge in [-0.1, -0.05) is 45.8 Å². The Morgan fingerprint density at radius 1 is 1.15 bits per heavy atom. The van der Waals surface area contributed by atoms with Gasteiger partial charge in [-0.05, 0) is 30.7 Å². The van der Waals surface area contributed by atoms with Crippen molar-refractivity contribution in [3.8, 4) is 17.6 Å². The van der Waals surface area contributed by atoms with Crippen LogP contribution in [-0.2, 0) is 16.1 Å². The first-order valence-electron chi connectivity index (χ1n) is 7.74. The molecule has 2 aromatic carbocycles. The molecule has 0 amide bonds. The Bertz CT molecular complexity index is 867. The lowest BCUT2D eigenvalue weighted by Crippen LogP contribution is -2.07. The molecular weight excluding hydrogens is 398 g/mol. The minimum atomic E-state index is -0.685. The Morgan fingerprint density at radius 3 is 2.35 bits per heavy atom. The van der Waals surface area contributed by atoms with E-state index in [2.05, 4.69) is 15.9 Å². The summed E-state index contributed by atoms with van der Waals surface area (Å²) in [7, 11) is 3.07. The second-order valence-corrected chi connectivity index (χ2v) is 6.31. The van der Waals surface area contributed by atoms with E-state index in [4.69, 9.17) is 14.2 Å². The fourth-order valence-corrected chi connectivity index (χ4v) is 2.63. The van der Waals surface area contributed by atoms with Crippen molar-refractivity contribution in [2.24, 2.45) is 0 Å². The van der Waals surface area contributed by atoms with E-state index in [1.165, 1.54) is 13.2 Å². The van der Waals surface area contributed by atoms with E-state index in [-0.39, 0.29) is 12.2 Å². The first-order chi connectivity index (χ1) is 12.5. The maximum Gasteiger partial charge on any atom is 0.349 e. The van der Waals surface area contributed by atoms with Gasteiger partial charge in [0.05, 0.1) is 14.2 Å². The number of carbonyl (C=O) groups excluding carboxylic acids is 1. The number of hydrogen-bond acceptors (Lipinski definition) is 5. The molecule has 0 fully saturated rings. The standard InChI is InChI=1S/C20H18BrNO4/c1-13-4-6-14(7-5-13)8-15(11-22)20(23)26-12-16-9-18(24-2)19(25-3)10-17(16)21/h4-10H,12H2,1-3H3/b15-8+. The Labute approximate surface area is 160 Å². The summed E-state index contributed by atoms with van der Waals surface area (Å²) in [5.41, 5.74) is 2.49. The normalized spacial score (nSPS) is 10.8. The number of ether oxygens (including phenoxy) is 3. The van der Waals surface area contributed by atoms with E-state index < -0.39 is 5.97 Å². The van der Waals surface area contributed by atoms with Gasteiger partial charge < -0.3 is 14.2 Å². The molecule has 0 spiro atoms. The number of hydrogen-bond donors (Lipinski definition) is 0. The van der Waals surface area contributed by atoms with E-state index >= 15 is 0 Å². The van der Waals surface area contributed by atoms with Crippen molar-refractivity contribution in [3.05, 3.63) is 63.1 Å². The van der Waals surface area contributed by atoms with Gasteiger partial charge >= 0.3 is 5.97 Å².